The molecule has 0 unspecified atom stereocenters. The maximum absolute atomic E-state index is 13.2. The number of phenolic OH excluding ortho intramolecular Hbond substituents is 1. The van der Waals surface area contributed by atoms with Crippen LogP contribution in [0.25, 0.3) is 5.69 Å². The van der Waals surface area contributed by atoms with Crippen molar-refractivity contribution in [1.82, 2.24) is 19.7 Å². The first-order valence-electron chi connectivity index (χ1n) is 10.5. The number of aromatic hydroxyl groups is 1. The zero-order valence-electron chi connectivity index (χ0n) is 18.5. The van der Waals surface area contributed by atoms with E-state index in [9.17, 15) is 9.90 Å². The van der Waals surface area contributed by atoms with Gasteiger partial charge in [0.25, 0.3) is 5.91 Å². The molecule has 0 bridgehead atoms. The summed E-state index contributed by atoms with van der Waals surface area (Å²) in [5.41, 5.74) is 1.42. The van der Waals surface area contributed by atoms with E-state index in [-0.39, 0.29) is 33.6 Å². The van der Waals surface area contributed by atoms with E-state index in [1.807, 2.05) is 68.4 Å². The van der Waals surface area contributed by atoms with Crippen LogP contribution >= 0.6 is 23.2 Å². The van der Waals surface area contributed by atoms with E-state index in [4.69, 9.17) is 27.9 Å². The second kappa shape index (κ2) is 10.2. The van der Waals surface area contributed by atoms with Crippen LogP contribution in [0.15, 0.2) is 73.1 Å². The summed E-state index contributed by atoms with van der Waals surface area (Å²) < 4.78 is 7.22. The van der Waals surface area contributed by atoms with Crippen LogP contribution in [0.1, 0.15) is 30.0 Å². The summed E-state index contributed by atoms with van der Waals surface area (Å²) in [6.07, 6.45) is 1.40. The molecule has 1 aromatic heterocycles. The fourth-order valence-corrected chi connectivity index (χ4v) is 3.75. The SMILES string of the molecule is CC(C)N(Cc1ccc(Oc2ccccc2)cc1)C(=O)c1ncn(-c2cc(Cl)c(O)c(Cl)c2)n1. The van der Waals surface area contributed by atoms with E-state index in [1.165, 1.54) is 23.1 Å². The lowest BCUT2D eigenvalue weighted by atomic mass is 10.1. The Morgan fingerprint density at radius 3 is 2.26 bits per heavy atom. The molecule has 0 radical (unpaired) electrons. The van der Waals surface area contributed by atoms with Crippen LogP contribution in [-0.4, -0.2) is 36.7 Å². The molecule has 34 heavy (non-hydrogen) atoms. The van der Waals surface area contributed by atoms with Gasteiger partial charge in [-0.2, -0.15) is 0 Å². The number of hydrogen-bond donors (Lipinski definition) is 1. The summed E-state index contributed by atoms with van der Waals surface area (Å²) in [7, 11) is 0. The zero-order valence-corrected chi connectivity index (χ0v) is 20.0. The Labute approximate surface area is 207 Å². The zero-order chi connectivity index (χ0) is 24.2. The molecular formula is C25H22Cl2N4O3. The topological polar surface area (TPSA) is 80.5 Å². The molecule has 0 fully saturated rings. The van der Waals surface area contributed by atoms with Gasteiger partial charge in [-0.25, -0.2) is 9.67 Å². The summed E-state index contributed by atoms with van der Waals surface area (Å²) >= 11 is 12.0. The van der Waals surface area contributed by atoms with Crippen LogP contribution in [0.5, 0.6) is 17.2 Å². The molecule has 1 heterocycles. The van der Waals surface area contributed by atoms with Crippen LogP contribution < -0.4 is 4.74 Å². The quantitative estimate of drug-likeness (QED) is 0.333. The number of hydrogen-bond acceptors (Lipinski definition) is 5. The molecule has 0 saturated carbocycles. The van der Waals surface area contributed by atoms with Gasteiger partial charge in [-0.3, -0.25) is 4.79 Å². The Morgan fingerprint density at radius 2 is 1.65 bits per heavy atom. The number of para-hydroxylation sites is 1. The average molecular weight is 497 g/mol. The lowest BCUT2D eigenvalue weighted by Crippen LogP contribution is -2.37. The largest absolute Gasteiger partial charge is 0.505 e. The average Bonchev–Trinajstić information content (AvgIpc) is 3.32. The Morgan fingerprint density at radius 1 is 1.03 bits per heavy atom. The standard InChI is InChI=1S/C25H22Cl2N4O3/c1-16(2)30(14-17-8-10-20(11-9-17)34-19-6-4-3-5-7-19)25(33)24-28-15-31(29-24)18-12-21(26)23(32)22(27)13-18/h3-13,15-16,32H,14H2,1-2H3. The van der Waals surface area contributed by atoms with E-state index in [0.29, 0.717) is 18.0 Å². The smallest absolute Gasteiger partial charge is 0.294 e. The van der Waals surface area contributed by atoms with E-state index >= 15 is 0 Å². The van der Waals surface area contributed by atoms with Crippen LogP contribution in [0.4, 0.5) is 0 Å². The van der Waals surface area contributed by atoms with Crippen LogP contribution in [0.2, 0.25) is 10.0 Å². The summed E-state index contributed by atoms with van der Waals surface area (Å²) in [5.74, 6) is 0.984. The van der Waals surface area contributed by atoms with Crippen molar-refractivity contribution in [2.75, 3.05) is 0 Å². The number of carbonyl (C=O) groups excluding carboxylic acids is 1. The van der Waals surface area contributed by atoms with Gasteiger partial charge in [0.2, 0.25) is 5.82 Å². The highest BCUT2D eigenvalue weighted by Gasteiger charge is 2.23. The van der Waals surface area contributed by atoms with Gasteiger partial charge in [0.1, 0.15) is 17.8 Å². The number of phenols is 1. The molecule has 0 aliphatic heterocycles. The van der Waals surface area contributed by atoms with Gasteiger partial charge in [0.15, 0.2) is 5.75 Å². The number of nitrogens with zero attached hydrogens (tertiary/aromatic N) is 4. The highest BCUT2D eigenvalue weighted by Crippen LogP contribution is 2.33. The van der Waals surface area contributed by atoms with Gasteiger partial charge in [0, 0.05) is 12.6 Å². The number of benzene rings is 3. The summed E-state index contributed by atoms with van der Waals surface area (Å²) in [5, 5.41) is 14.2. The lowest BCUT2D eigenvalue weighted by molar-refractivity contribution is 0.0677. The number of halogens is 2. The van der Waals surface area contributed by atoms with Crippen molar-refractivity contribution >= 4 is 29.1 Å². The van der Waals surface area contributed by atoms with Gasteiger partial charge in [0.05, 0.1) is 15.7 Å². The number of carbonyl (C=O) groups is 1. The first kappa shape index (κ1) is 23.6. The minimum Gasteiger partial charge on any atom is -0.505 e. The highest BCUT2D eigenvalue weighted by molar-refractivity contribution is 6.37. The van der Waals surface area contributed by atoms with E-state index in [1.54, 1.807) is 4.90 Å². The van der Waals surface area contributed by atoms with Crippen molar-refractivity contribution in [3.63, 3.8) is 0 Å². The molecule has 0 aliphatic rings. The van der Waals surface area contributed by atoms with Crippen LogP contribution in [0.3, 0.4) is 0 Å². The molecule has 7 nitrogen and oxygen atoms in total. The maximum atomic E-state index is 13.2. The van der Waals surface area contributed by atoms with Gasteiger partial charge in [-0.05, 0) is 55.8 Å². The molecule has 1 amide bonds. The van der Waals surface area contributed by atoms with Crippen LogP contribution in [0, 0.1) is 0 Å². The van der Waals surface area contributed by atoms with Gasteiger partial charge in [-0.1, -0.05) is 53.5 Å². The molecular weight excluding hydrogens is 475 g/mol. The summed E-state index contributed by atoms with van der Waals surface area (Å²) in [6.45, 7) is 4.25. The van der Waals surface area contributed by atoms with Gasteiger partial charge in [-0.15, -0.1) is 5.10 Å². The third-order valence-corrected chi connectivity index (χ3v) is 5.66. The molecule has 4 rings (SSSR count). The number of ether oxygens (including phenoxy) is 1. The van der Waals surface area contributed by atoms with Crippen molar-refractivity contribution in [2.45, 2.75) is 26.4 Å². The van der Waals surface area contributed by atoms with Crippen LogP contribution in [-0.2, 0) is 6.54 Å². The molecule has 1 N–H and O–H groups in total. The second-order valence-electron chi connectivity index (χ2n) is 7.86. The molecule has 0 spiro atoms. The van der Waals surface area contributed by atoms with Gasteiger partial charge < -0.3 is 14.7 Å². The van der Waals surface area contributed by atoms with Crippen molar-refractivity contribution in [1.29, 1.82) is 0 Å². The maximum Gasteiger partial charge on any atom is 0.294 e. The predicted octanol–water partition coefficient (Wildman–Crippen LogP) is 6.12. The predicted molar refractivity (Wildman–Crippen MR) is 131 cm³/mol. The number of aromatic nitrogens is 3. The monoisotopic (exact) mass is 496 g/mol. The molecule has 0 saturated heterocycles. The Hall–Kier alpha value is -3.55. The highest BCUT2D eigenvalue weighted by atomic mass is 35.5. The Balaban J connectivity index is 1.49. The third kappa shape index (κ3) is 5.32. The molecule has 9 heteroatoms. The minimum atomic E-state index is -0.311. The molecule has 3 aromatic carbocycles. The Kier molecular flexibility index (Phi) is 7.05. The first-order valence-corrected chi connectivity index (χ1v) is 11.3. The molecule has 4 aromatic rings. The van der Waals surface area contributed by atoms with E-state index in [2.05, 4.69) is 10.1 Å². The molecule has 0 aliphatic carbocycles. The van der Waals surface area contributed by atoms with Crippen molar-refractivity contribution in [3.8, 4) is 22.9 Å². The molecule has 174 valence electrons. The third-order valence-electron chi connectivity index (χ3n) is 5.09. The van der Waals surface area contributed by atoms with E-state index in [0.717, 1.165) is 11.3 Å². The normalized spacial score (nSPS) is 11.0. The fraction of sp³-hybridized carbons (Fsp3) is 0.160. The summed E-state index contributed by atoms with van der Waals surface area (Å²) in [4.78, 5) is 19.1. The first-order chi connectivity index (χ1) is 16.3. The number of rotatable bonds is 7. The molecule has 0 atom stereocenters. The van der Waals surface area contributed by atoms with Crippen molar-refractivity contribution < 1.29 is 14.6 Å². The lowest BCUT2D eigenvalue weighted by Gasteiger charge is -2.25. The van der Waals surface area contributed by atoms with E-state index < -0.39 is 0 Å². The van der Waals surface area contributed by atoms with Crippen molar-refractivity contribution in [2.24, 2.45) is 0 Å². The van der Waals surface area contributed by atoms with Gasteiger partial charge >= 0.3 is 0 Å². The fourth-order valence-electron chi connectivity index (χ4n) is 3.27. The van der Waals surface area contributed by atoms with Crippen molar-refractivity contribution in [3.05, 3.63) is 94.5 Å². The minimum absolute atomic E-state index is 0.0399. The number of amides is 1. The second-order valence-corrected chi connectivity index (χ2v) is 8.67. The Bertz CT molecular complexity index is 1270. The summed E-state index contributed by atoms with van der Waals surface area (Å²) in [6, 6.07) is 20.0.